The summed E-state index contributed by atoms with van der Waals surface area (Å²) in [7, 11) is 0. The highest BCUT2D eigenvalue weighted by molar-refractivity contribution is 5.34. The summed E-state index contributed by atoms with van der Waals surface area (Å²) in [5.41, 5.74) is 1.15. The molecule has 1 saturated heterocycles. The number of anilines is 1. The molecule has 0 amide bonds. The Hall–Kier alpha value is -1.16. The van der Waals surface area contributed by atoms with E-state index in [2.05, 4.69) is 20.8 Å². The molecule has 0 aromatic carbocycles. The average Bonchev–Trinajstić information content (AvgIpc) is 2.67. The van der Waals surface area contributed by atoms with Gasteiger partial charge in [-0.3, -0.25) is 0 Å². The third-order valence-electron chi connectivity index (χ3n) is 2.53. The van der Waals surface area contributed by atoms with E-state index in [-0.39, 0.29) is 0 Å². The van der Waals surface area contributed by atoms with Crippen molar-refractivity contribution in [3.63, 3.8) is 0 Å². The normalized spacial score (nSPS) is 21.1. The van der Waals surface area contributed by atoms with Gasteiger partial charge in [-0.25, -0.2) is 0 Å². The quantitative estimate of drug-likeness (QED) is 0.744. The predicted molar refractivity (Wildman–Crippen MR) is 56.2 cm³/mol. The van der Waals surface area contributed by atoms with Gasteiger partial charge in [0.1, 0.15) is 5.82 Å². The number of rotatable bonds is 3. The first kappa shape index (κ1) is 9.40. The summed E-state index contributed by atoms with van der Waals surface area (Å²) >= 11 is 0. The van der Waals surface area contributed by atoms with Crippen LogP contribution in [0.3, 0.4) is 0 Å². The molecule has 1 aliphatic heterocycles. The molecule has 2 N–H and O–H groups in total. The lowest BCUT2D eigenvalue weighted by molar-refractivity contribution is 0.613. The molecule has 1 atom stereocenters. The van der Waals surface area contributed by atoms with Crippen molar-refractivity contribution in [3.05, 3.63) is 17.8 Å². The Bertz CT molecular complexity index is 294. The lowest BCUT2D eigenvalue weighted by Gasteiger charge is -2.09. The van der Waals surface area contributed by atoms with Gasteiger partial charge in [-0.05, 0) is 44.0 Å². The summed E-state index contributed by atoms with van der Waals surface area (Å²) in [6.07, 6.45) is 3.02. The van der Waals surface area contributed by atoms with Crippen LogP contribution >= 0.6 is 0 Å². The molecule has 0 bridgehead atoms. The molecule has 4 nitrogen and oxygen atoms in total. The molecule has 4 heteroatoms. The standard InChI is InChI=1S/C10H16N4/c1-8-4-10(14-13-5-8)12-7-9-2-3-11-6-9/h4-5,9,11H,2-3,6-7H2,1H3,(H,12,14). The van der Waals surface area contributed by atoms with Gasteiger partial charge in [0.2, 0.25) is 0 Å². The second-order valence-electron chi connectivity index (χ2n) is 3.86. The molecule has 0 aliphatic carbocycles. The van der Waals surface area contributed by atoms with Crippen LogP contribution in [0.5, 0.6) is 0 Å². The third kappa shape index (κ3) is 2.42. The Kier molecular flexibility index (Phi) is 2.93. The summed E-state index contributed by atoms with van der Waals surface area (Å²) in [6.45, 7) is 5.28. The Morgan fingerprint density at radius 2 is 2.57 bits per heavy atom. The van der Waals surface area contributed by atoms with E-state index in [0.29, 0.717) is 0 Å². The van der Waals surface area contributed by atoms with E-state index >= 15 is 0 Å². The molecule has 1 aromatic heterocycles. The number of nitrogens with one attached hydrogen (secondary N) is 2. The first-order valence-electron chi connectivity index (χ1n) is 5.08. The molecule has 0 radical (unpaired) electrons. The smallest absolute Gasteiger partial charge is 0.148 e. The Morgan fingerprint density at radius 3 is 3.29 bits per heavy atom. The van der Waals surface area contributed by atoms with Crippen molar-refractivity contribution in [1.29, 1.82) is 0 Å². The lowest BCUT2D eigenvalue weighted by Crippen LogP contribution is -2.17. The van der Waals surface area contributed by atoms with Crippen LogP contribution in [-0.4, -0.2) is 29.8 Å². The molecule has 2 rings (SSSR count). The maximum absolute atomic E-state index is 4.02. The van der Waals surface area contributed by atoms with Crippen LogP contribution in [0.25, 0.3) is 0 Å². The van der Waals surface area contributed by atoms with Gasteiger partial charge in [0.25, 0.3) is 0 Å². The summed E-state index contributed by atoms with van der Waals surface area (Å²) in [4.78, 5) is 0. The number of nitrogens with zero attached hydrogens (tertiary/aromatic N) is 2. The van der Waals surface area contributed by atoms with Gasteiger partial charge in [0.15, 0.2) is 0 Å². The summed E-state index contributed by atoms with van der Waals surface area (Å²) < 4.78 is 0. The van der Waals surface area contributed by atoms with Gasteiger partial charge < -0.3 is 10.6 Å². The summed E-state index contributed by atoms with van der Waals surface area (Å²) in [5.74, 6) is 1.62. The minimum absolute atomic E-state index is 0.734. The van der Waals surface area contributed by atoms with E-state index in [1.807, 2.05) is 13.0 Å². The van der Waals surface area contributed by atoms with E-state index in [0.717, 1.165) is 36.9 Å². The Morgan fingerprint density at radius 1 is 1.64 bits per heavy atom. The topological polar surface area (TPSA) is 49.8 Å². The predicted octanol–water partition coefficient (Wildman–Crippen LogP) is 0.806. The molecular formula is C10H16N4. The maximum atomic E-state index is 4.02. The van der Waals surface area contributed by atoms with E-state index in [1.54, 1.807) is 6.20 Å². The summed E-state index contributed by atoms with van der Waals surface area (Å²) in [5, 5.41) is 14.6. The molecule has 0 saturated carbocycles. The molecule has 1 unspecified atom stereocenters. The zero-order valence-electron chi connectivity index (χ0n) is 8.45. The highest BCUT2D eigenvalue weighted by atomic mass is 15.2. The van der Waals surface area contributed by atoms with Crippen molar-refractivity contribution in [1.82, 2.24) is 15.5 Å². The van der Waals surface area contributed by atoms with Crippen molar-refractivity contribution in [3.8, 4) is 0 Å². The van der Waals surface area contributed by atoms with Gasteiger partial charge >= 0.3 is 0 Å². The zero-order chi connectivity index (χ0) is 9.80. The van der Waals surface area contributed by atoms with Crippen molar-refractivity contribution in [2.45, 2.75) is 13.3 Å². The van der Waals surface area contributed by atoms with Crippen LogP contribution in [0, 0.1) is 12.8 Å². The van der Waals surface area contributed by atoms with Crippen LogP contribution in [0.4, 0.5) is 5.82 Å². The molecule has 76 valence electrons. The second kappa shape index (κ2) is 4.37. The minimum Gasteiger partial charge on any atom is -0.368 e. The third-order valence-corrected chi connectivity index (χ3v) is 2.53. The zero-order valence-corrected chi connectivity index (χ0v) is 8.45. The monoisotopic (exact) mass is 192 g/mol. The van der Waals surface area contributed by atoms with E-state index in [9.17, 15) is 0 Å². The van der Waals surface area contributed by atoms with Crippen molar-refractivity contribution >= 4 is 5.82 Å². The van der Waals surface area contributed by atoms with Crippen molar-refractivity contribution in [2.75, 3.05) is 25.0 Å². The fourth-order valence-corrected chi connectivity index (χ4v) is 1.69. The van der Waals surface area contributed by atoms with Gasteiger partial charge in [0, 0.05) is 6.54 Å². The van der Waals surface area contributed by atoms with Crippen molar-refractivity contribution in [2.24, 2.45) is 5.92 Å². The maximum Gasteiger partial charge on any atom is 0.148 e. The number of aromatic nitrogens is 2. The van der Waals surface area contributed by atoms with Gasteiger partial charge in [-0.1, -0.05) is 0 Å². The van der Waals surface area contributed by atoms with Crippen LogP contribution in [-0.2, 0) is 0 Å². The Labute approximate surface area is 84.1 Å². The number of hydrogen-bond donors (Lipinski definition) is 2. The summed E-state index contributed by atoms with van der Waals surface area (Å²) in [6, 6.07) is 2.02. The molecule has 14 heavy (non-hydrogen) atoms. The Balaban J connectivity index is 1.85. The van der Waals surface area contributed by atoms with Gasteiger partial charge in [0.05, 0.1) is 6.20 Å². The average molecular weight is 192 g/mol. The van der Waals surface area contributed by atoms with E-state index < -0.39 is 0 Å². The first-order valence-corrected chi connectivity index (χ1v) is 5.08. The highest BCUT2D eigenvalue weighted by Gasteiger charge is 2.13. The molecule has 2 heterocycles. The number of hydrogen-bond acceptors (Lipinski definition) is 4. The largest absolute Gasteiger partial charge is 0.368 e. The number of aryl methyl sites for hydroxylation is 1. The molecule has 1 aliphatic rings. The van der Waals surface area contributed by atoms with Crippen molar-refractivity contribution < 1.29 is 0 Å². The van der Waals surface area contributed by atoms with E-state index in [4.69, 9.17) is 0 Å². The fraction of sp³-hybridized carbons (Fsp3) is 0.600. The van der Waals surface area contributed by atoms with Crippen LogP contribution < -0.4 is 10.6 Å². The molecular weight excluding hydrogens is 176 g/mol. The van der Waals surface area contributed by atoms with E-state index in [1.165, 1.54) is 6.42 Å². The lowest BCUT2D eigenvalue weighted by atomic mass is 10.1. The van der Waals surface area contributed by atoms with Gasteiger partial charge in [-0.15, -0.1) is 5.10 Å². The minimum atomic E-state index is 0.734. The highest BCUT2D eigenvalue weighted by Crippen LogP contribution is 2.09. The van der Waals surface area contributed by atoms with Crippen LogP contribution in [0.2, 0.25) is 0 Å². The molecule has 1 fully saturated rings. The van der Waals surface area contributed by atoms with Gasteiger partial charge in [-0.2, -0.15) is 5.10 Å². The SMILES string of the molecule is Cc1cnnc(NCC2CCNC2)c1. The van der Waals surface area contributed by atoms with Crippen LogP contribution in [0.15, 0.2) is 12.3 Å². The fourth-order valence-electron chi connectivity index (χ4n) is 1.69. The molecule has 1 aromatic rings. The second-order valence-corrected chi connectivity index (χ2v) is 3.86. The van der Waals surface area contributed by atoms with Crippen LogP contribution in [0.1, 0.15) is 12.0 Å². The first-order chi connectivity index (χ1) is 6.84. The molecule has 0 spiro atoms.